The highest BCUT2D eigenvalue weighted by molar-refractivity contribution is 6.08. The van der Waals surface area contributed by atoms with Crippen molar-refractivity contribution in [2.45, 2.75) is 12.5 Å². The summed E-state index contributed by atoms with van der Waals surface area (Å²) in [7, 11) is 0. The van der Waals surface area contributed by atoms with Gasteiger partial charge in [0.2, 0.25) is 5.91 Å². The van der Waals surface area contributed by atoms with E-state index in [1.54, 1.807) is 24.3 Å². The van der Waals surface area contributed by atoms with Gasteiger partial charge in [0.05, 0.1) is 11.5 Å². The van der Waals surface area contributed by atoms with Crippen LogP contribution in [0.15, 0.2) is 66.7 Å². The molecule has 3 aromatic carbocycles. The molecule has 0 aliphatic rings. The topological polar surface area (TPSA) is 122 Å². The number of hydrogen-bond acceptors (Lipinski definition) is 5. The number of amides is 2. The van der Waals surface area contributed by atoms with Gasteiger partial charge in [-0.15, -0.1) is 0 Å². The van der Waals surface area contributed by atoms with E-state index in [1.807, 2.05) is 30.3 Å². The average Bonchev–Trinajstić information content (AvgIpc) is 2.76. The molecular weight excluding hydrogens is 386 g/mol. The molecule has 0 aromatic heterocycles. The van der Waals surface area contributed by atoms with Gasteiger partial charge in [-0.1, -0.05) is 48.5 Å². The summed E-state index contributed by atoms with van der Waals surface area (Å²) in [6.07, 6.45) is 0.145. The summed E-state index contributed by atoms with van der Waals surface area (Å²) in [4.78, 5) is 35.8. The van der Waals surface area contributed by atoms with E-state index in [9.17, 15) is 19.7 Å². The summed E-state index contributed by atoms with van der Waals surface area (Å²) in [6.45, 7) is -0.174. The first-order chi connectivity index (χ1) is 14.5. The van der Waals surface area contributed by atoms with Crippen molar-refractivity contribution in [3.8, 4) is 0 Å². The Balaban J connectivity index is 1.83. The number of aliphatic hydroxyl groups excluding tert-OH is 1. The van der Waals surface area contributed by atoms with Crippen molar-refractivity contribution in [3.05, 3.63) is 88.0 Å². The molecule has 0 radical (unpaired) electrons. The minimum Gasteiger partial charge on any atom is -0.395 e. The second-order valence-electron chi connectivity index (χ2n) is 6.70. The molecule has 30 heavy (non-hydrogen) atoms. The number of carbonyl (C=O) groups excluding carboxylic acids is 2. The molecule has 0 spiro atoms. The third-order valence-electron chi connectivity index (χ3n) is 4.65. The van der Waals surface area contributed by atoms with Crippen LogP contribution in [0, 0.1) is 10.1 Å². The fraction of sp³-hybridized carbons (Fsp3) is 0.182. The number of fused-ring (bicyclic) bond motifs is 1. The smallest absolute Gasteiger partial charge is 0.269 e. The molecule has 0 fully saturated rings. The van der Waals surface area contributed by atoms with Gasteiger partial charge in [0.25, 0.3) is 11.6 Å². The number of benzene rings is 3. The lowest BCUT2D eigenvalue weighted by atomic mass is 10.0. The van der Waals surface area contributed by atoms with E-state index in [0.717, 1.165) is 10.8 Å². The highest BCUT2D eigenvalue weighted by Crippen LogP contribution is 2.19. The molecule has 1 atom stereocenters. The van der Waals surface area contributed by atoms with Gasteiger partial charge in [-0.25, -0.2) is 0 Å². The van der Waals surface area contributed by atoms with Gasteiger partial charge in [-0.2, -0.15) is 0 Å². The molecule has 0 saturated carbocycles. The van der Waals surface area contributed by atoms with E-state index >= 15 is 0 Å². The van der Waals surface area contributed by atoms with Gasteiger partial charge >= 0.3 is 0 Å². The second kappa shape index (κ2) is 9.62. The Labute approximate surface area is 172 Å². The third kappa shape index (κ3) is 4.98. The maximum atomic E-state index is 13.0. The monoisotopic (exact) mass is 407 g/mol. The maximum absolute atomic E-state index is 13.0. The molecule has 0 aliphatic heterocycles. The fourth-order valence-corrected chi connectivity index (χ4v) is 3.16. The third-order valence-corrected chi connectivity index (χ3v) is 4.65. The quantitative estimate of drug-likeness (QED) is 0.390. The predicted octanol–water partition coefficient (Wildman–Crippen LogP) is 2.20. The van der Waals surface area contributed by atoms with Gasteiger partial charge in [0.15, 0.2) is 0 Å². The van der Waals surface area contributed by atoms with Crippen molar-refractivity contribution < 1.29 is 19.6 Å². The van der Waals surface area contributed by atoms with Gasteiger partial charge in [0, 0.05) is 30.7 Å². The number of non-ortho nitro benzene ring substituents is 1. The minimum atomic E-state index is -0.913. The van der Waals surface area contributed by atoms with Crippen LogP contribution >= 0.6 is 0 Å². The van der Waals surface area contributed by atoms with E-state index in [4.69, 9.17) is 5.11 Å². The molecular formula is C22H21N3O5. The Morgan fingerprint density at radius 1 is 1.00 bits per heavy atom. The number of nitrogens with one attached hydrogen (secondary N) is 2. The molecule has 3 N–H and O–H groups in total. The zero-order chi connectivity index (χ0) is 21.5. The van der Waals surface area contributed by atoms with E-state index in [0.29, 0.717) is 11.1 Å². The van der Waals surface area contributed by atoms with Gasteiger partial charge in [-0.05, 0) is 22.4 Å². The molecule has 0 heterocycles. The Kier molecular flexibility index (Phi) is 6.71. The van der Waals surface area contributed by atoms with Crippen LogP contribution in [0.4, 0.5) is 5.69 Å². The molecule has 0 saturated heterocycles. The molecule has 8 nitrogen and oxygen atoms in total. The number of nitro groups is 1. The highest BCUT2D eigenvalue weighted by atomic mass is 16.6. The first-order valence-corrected chi connectivity index (χ1v) is 9.40. The summed E-state index contributed by atoms with van der Waals surface area (Å²) in [5.41, 5.74) is 1.04. The number of nitrogens with zero attached hydrogens (tertiary/aromatic N) is 1. The van der Waals surface area contributed by atoms with E-state index in [2.05, 4.69) is 10.6 Å². The predicted molar refractivity (Wildman–Crippen MR) is 112 cm³/mol. The second-order valence-corrected chi connectivity index (χ2v) is 6.70. The van der Waals surface area contributed by atoms with Crippen molar-refractivity contribution >= 4 is 28.3 Å². The van der Waals surface area contributed by atoms with Crippen molar-refractivity contribution in [1.82, 2.24) is 10.6 Å². The molecule has 3 rings (SSSR count). The zero-order valence-corrected chi connectivity index (χ0v) is 16.1. The number of nitro benzene ring substituents is 1. The summed E-state index contributed by atoms with van der Waals surface area (Å²) >= 11 is 0. The summed E-state index contributed by atoms with van der Waals surface area (Å²) < 4.78 is 0. The van der Waals surface area contributed by atoms with Gasteiger partial charge < -0.3 is 15.7 Å². The highest BCUT2D eigenvalue weighted by Gasteiger charge is 2.23. The number of aliphatic hydroxyl groups is 1. The Hall–Kier alpha value is -3.78. The van der Waals surface area contributed by atoms with Crippen LogP contribution in [-0.4, -0.2) is 41.0 Å². The van der Waals surface area contributed by atoms with Crippen molar-refractivity contribution in [1.29, 1.82) is 0 Å². The SMILES string of the molecule is O=C(N[C@@H](Cc1ccc([N+](=O)[O-])cc1)C(=O)NCCO)c1cccc2ccccc12. The summed E-state index contributed by atoms with van der Waals surface area (Å²) in [6, 6.07) is 17.7. The summed E-state index contributed by atoms with van der Waals surface area (Å²) in [5.74, 6) is -0.853. The Bertz CT molecular complexity index is 1060. The van der Waals surface area contributed by atoms with Gasteiger partial charge in [-0.3, -0.25) is 19.7 Å². The average molecular weight is 407 g/mol. The van der Waals surface area contributed by atoms with E-state index in [1.165, 1.54) is 12.1 Å². The van der Waals surface area contributed by atoms with Crippen molar-refractivity contribution in [2.75, 3.05) is 13.2 Å². The lowest BCUT2D eigenvalue weighted by molar-refractivity contribution is -0.384. The summed E-state index contributed by atoms with van der Waals surface area (Å²) in [5, 5.41) is 26.8. The first-order valence-electron chi connectivity index (χ1n) is 9.40. The lowest BCUT2D eigenvalue weighted by Crippen LogP contribution is -2.48. The van der Waals surface area contributed by atoms with Crippen LogP contribution in [0.3, 0.4) is 0 Å². The van der Waals surface area contributed by atoms with Crippen LogP contribution in [0.1, 0.15) is 15.9 Å². The molecule has 0 unspecified atom stereocenters. The molecule has 0 aliphatic carbocycles. The van der Waals surface area contributed by atoms with E-state index < -0.39 is 22.8 Å². The molecule has 2 amide bonds. The van der Waals surface area contributed by atoms with Crippen molar-refractivity contribution in [2.24, 2.45) is 0 Å². The Morgan fingerprint density at radius 3 is 2.40 bits per heavy atom. The fourth-order valence-electron chi connectivity index (χ4n) is 3.16. The number of rotatable bonds is 8. The maximum Gasteiger partial charge on any atom is 0.269 e. The van der Waals surface area contributed by atoms with Crippen LogP contribution < -0.4 is 10.6 Å². The minimum absolute atomic E-state index is 0.0553. The number of carbonyl (C=O) groups is 2. The molecule has 3 aromatic rings. The normalized spacial score (nSPS) is 11.6. The molecule has 154 valence electrons. The van der Waals surface area contributed by atoms with Crippen LogP contribution in [0.2, 0.25) is 0 Å². The number of hydrogen-bond donors (Lipinski definition) is 3. The van der Waals surface area contributed by atoms with Gasteiger partial charge in [0.1, 0.15) is 6.04 Å². The standard InChI is InChI=1S/C22H21N3O5/c26-13-12-23-22(28)20(14-15-8-10-17(11-9-15)25(29)30)24-21(27)19-7-3-5-16-4-1-2-6-18(16)19/h1-11,20,26H,12-14H2,(H,23,28)(H,24,27)/t20-/m0/s1. The molecule has 0 bridgehead atoms. The molecule has 8 heteroatoms. The van der Waals surface area contributed by atoms with Crippen molar-refractivity contribution in [3.63, 3.8) is 0 Å². The zero-order valence-electron chi connectivity index (χ0n) is 16.1. The van der Waals surface area contributed by atoms with Crippen LogP contribution in [0.5, 0.6) is 0 Å². The van der Waals surface area contributed by atoms with Crippen LogP contribution in [0.25, 0.3) is 10.8 Å². The first kappa shape index (κ1) is 20.9. The van der Waals surface area contributed by atoms with E-state index in [-0.39, 0.29) is 25.3 Å². The van der Waals surface area contributed by atoms with Crippen LogP contribution in [-0.2, 0) is 11.2 Å². The Morgan fingerprint density at radius 2 is 1.70 bits per heavy atom. The largest absolute Gasteiger partial charge is 0.395 e. The lowest BCUT2D eigenvalue weighted by Gasteiger charge is -2.19.